The van der Waals surface area contributed by atoms with Crippen molar-refractivity contribution in [3.63, 3.8) is 0 Å². The molecule has 0 amide bonds. The molecule has 1 heterocycles. The zero-order valence-electron chi connectivity index (χ0n) is 7.80. The Morgan fingerprint density at radius 3 is 3.07 bits per heavy atom. The van der Waals surface area contributed by atoms with Crippen molar-refractivity contribution in [2.24, 2.45) is 0 Å². The van der Waals surface area contributed by atoms with Crippen LogP contribution in [0.15, 0.2) is 30.6 Å². The lowest BCUT2D eigenvalue weighted by atomic mass is 10.3. The van der Waals surface area contributed by atoms with E-state index in [1.54, 1.807) is 18.1 Å². The largest absolute Gasteiger partial charge is 0.284 e. The molecule has 72 valence electrons. The molecule has 2 aromatic rings. The van der Waals surface area contributed by atoms with Gasteiger partial charge in [-0.1, -0.05) is 43.0 Å². The summed E-state index contributed by atoms with van der Waals surface area (Å²) >= 11 is 6.95. The lowest BCUT2D eigenvalue weighted by Gasteiger charge is -2.02. The highest BCUT2D eigenvalue weighted by molar-refractivity contribution is 8.23. The van der Waals surface area contributed by atoms with Gasteiger partial charge >= 0.3 is 0 Å². The normalized spacial score (nSPS) is 10.6. The molecular formula is C10H10N2S2. The molecule has 0 aliphatic carbocycles. The minimum Gasteiger partial charge on any atom is -0.284 e. The van der Waals surface area contributed by atoms with Gasteiger partial charge in [-0.3, -0.25) is 4.57 Å². The van der Waals surface area contributed by atoms with Crippen LogP contribution in [0.3, 0.4) is 0 Å². The maximum atomic E-state index is 5.29. The number of fused-ring (bicyclic) bond motifs is 1. The highest BCUT2D eigenvalue weighted by Crippen LogP contribution is 2.15. The molecule has 1 aromatic heterocycles. The van der Waals surface area contributed by atoms with Gasteiger partial charge in [-0.05, 0) is 17.9 Å². The van der Waals surface area contributed by atoms with Gasteiger partial charge in [-0.15, -0.1) is 0 Å². The minimum absolute atomic E-state index is 0.862. The van der Waals surface area contributed by atoms with Crippen LogP contribution in [0, 0.1) is 0 Å². The van der Waals surface area contributed by atoms with E-state index in [-0.39, 0.29) is 0 Å². The van der Waals surface area contributed by atoms with Gasteiger partial charge in [-0.2, -0.15) is 0 Å². The first-order valence-electron chi connectivity index (χ1n) is 4.42. The number of thioether (sulfide) groups is 1. The highest BCUT2D eigenvalue weighted by atomic mass is 32.2. The zero-order chi connectivity index (χ0) is 9.97. The first kappa shape index (κ1) is 9.68. The average molecular weight is 222 g/mol. The van der Waals surface area contributed by atoms with Crippen molar-refractivity contribution in [1.29, 1.82) is 0 Å². The lowest BCUT2D eigenvalue weighted by molar-refractivity contribution is 1.21. The van der Waals surface area contributed by atoms with Gasteiger partial charge in [0.15, 0.2) is 0 Å². The van der Waals surface area contributed by atoms with Gasteiger partial charge in [0.05, 0.1) is 11.0 Å². The number of aromatic nitrogens is 2. The molecular weight excluding hydrogens is 212 g/mol. The molecule has 0 aliphatic heterocycles. The number of para-hydroxylation sites is 2. The summed E-state index contributed by atoms with van der Waals surface area (Å²) in [5.41, 5.74) is 2.07. The van der Waals surface area contributed by atoms with Crippen molar-refractivity contribution >= 4 is 39.3 Å². The quantitative estimate of drug-likeness (QED) is 0.691. The fourth-order valence-corrected chi connectivity index (χ4v) is 2.33. The molecule has 0 fully saturated rings. The van der Waals surface area contributed by atoms with Crippen LogP contribution in [0.5, 0.6) is 0 Å². The Labute approximate surface area is 92.3 Å². The SMILES string of the molecule is CCSC(=S)n1cnc2ccccc21. The fraction of sp³-hybridized carbons (Fsp3) is 0.200. The first-order chi connectivity index (χ1) is 6.83. The Morgan fingerprint density at radius 1 is 1.50 bits per heavy atom. The summed E-state index contributed by atoms with van der Waals surface area (Å²) in [4.78, 5) is 4.28. The number of benzene rings is 1. The Kier molecular flexibility index (Phi) is 2.84. The molecule has 2 nitrogen and oxygen atoms in total. The van der Waals surface area contributed by atoms with Crippen LogP contribution in [-0.2, 0) is 0 Å². The summed E-state index contributed by atoms with van der Waals surface area (Å²) in [6.07, 6.45) is 1.79. The van der Waals surface area contributed by atoms with Crippen molar-refractivity contribution in [1.82, 2.24) is 9.55 Å². The minimum atomic E-state index is 0.862. The number of hydrogen-bond donors (Lipinski definition) is 0. The molecule has 0 unspecified atom stereocenters. The maximum Gasteiger partial charge on any atom is 0.146 e. The van der Waals surface area contributed by atoms with Gasteiger partial charge in [-0.25, -0.2) is 4.98 Å². The van der Waals surface area contributed by atoms with Crippen LogP contribution in [0.25, 0.3) is 11.0 Å². The monoisotopic (exact) mass is 222 g/mol. The van der Waals surface area contributed by atoms with E-state index in [2.05, 4.69) is 11.9 Å². The van der Waals surface area contributed by atoms with Crippen molar-refractivity contribution in [2.75, 3.05) is 5.75 Å². The predicted octanol–water partition coefficient (Wildman–Crippen LogP) is 2.92. The number of hydrogen-bond acceptors (Lipinski definition) is 3. The first-order valence-corrected chi connectivity index (χ1v) is 5.81. The molecule has 0 saturated carbocycles. The second kappa shape index (κ2) is 4.11. The highest BCUT2D eigenvalue weighted by Gasteiger charge is 2.04. The van der Waals surface area contributed by atoms with Crippen molar-refractivity contribution < 1.29 is 0 Å². The molecule has 2 rings (SSSR count). The average Bonchev–Trinajstić information content (AvgIpc) is 2.61. The molecule has 0 spiro atoms. The molecule has 0 bridgehead atoms. The van der Waals surface area contributed by atoms with E-state index >= 15 is 0 Å². The van der Waals surface area contributed by atoms with Crippen LogP contribution in [0.4, 0.5) is 0 Å². The molecule has 14 heavy (non-hydrogen) atoms. The van der Waals surface area contributed by atoms with E-state index in [0.717, 1.165) is 21.1 Å². The molecule has 0 aliphatic rings. The summed E-state index contributed by atoms with van der Waals surface area (Å²) in [5, 5.41) is 0. The molecule has 0 atom stereocenters. The topological polar surface area (TPSA) is 17.8 Å². The standard InChI is InChI=1S/C10H10N2S2/c1-2-14-10(13)12-7-11-8-5-3-4-6-9(8)12/h3-7H,2H2,1H3. The summed E-state index contributed by atoms with van der Waals surface area (Å²) < 4.78 is 2.82. The third-order valence-electron chi connectivity index (χ3n) is 1.92. The second-order valence-corrected chi connectivity index (χ2v) is 4.70. The van der Waals surface area contributed by atoms with Gasteiger partial charge in [0.2, 0.25) is 0 Å². The molecule has 0 radical (unpaired) electrons. The number of imidazole rings is 1. The van der Waals surface area contributed by atoms with Crippen molar-refractivity contribution in [3.8, 4) is 0 Å². The fourth-order valence-electron chi connectivity index (χ4n) is 1.30. The summed E-state index contributed by atoms with van der Waals surface area (Å²) in [5.74, 6) is 0.991. The van der Waals surface area contributed by atoms with E-state index in [0.29, 0.717) is 0 Å². The van der Waals surface area contributed by atoms with Gasteiger partial charge < -0.3 is 0 Å². The Morgan fingerprint density at radius 2 is 2.29 bits per heavy atom. The molecule has 1 aromatic carbocycles. The second-order valence-electron chi connectivity index (χ2n) is 2.80. The third-order valence-corrected chi connectivity index (χ3v) is 3.20. The van der Waals surface area contributed by atoms with Crippen LogP contribution < -0.4 is 0 Å². The van der Waals surface area contributed by atoms with Crippen LogP contribution >= 0.6 is 24.0 Å². The van der Waals surface area contributed by atoms with E-state index in [9.17, 15) is 0 Å². The van der Waals surface area contributed by atoms with Crippen LogP contribution in [0.1, 0.15) is 6.92 Å². The Hall–Kier alpha value is -0.870. The molecule has 0 N–H and O–H groups in total. The van der Waals surface area contributed by atoms with Gasteiger partial charge in [0.1, 0.15) is 10.6 Å². The Balaban J connectivity index is 2.47. The number of thiocarbonyl (C=S) groups is 1. The van der Waals surface area contributed by atoms with E-state index in [1.807, 2.05) is 28.8 Å². The smallest absolute Gasteiger partial charge is 0.146 e. The Bertz CT molecular complexity index is 462. The van der Waals surface area contributed by atoms with Crippen molar-refractivity contribution in [3.05, 3.63) is 30.6 Å². The lowest BCUT2D eigenvalue weighted by Crippen LogP contribution is -2.02. The number of rotatable bonds is 1. The van der Waals surface area contributed by atoms with Gasteiger partial charge in [0.25, 0.3) is 0 Å². The maximum absolute atomic E-state index is 5.29. The number of nitrogens with zero attached hydrogens (tertiary/aromatic N) is 2. The van der Waals surface area contributed by atoms with E-state index in [4.69, 9.17) is 12.2 Å². The molecule has 0 saturated heterocycles. The summed E-state index contributed by atoms with van der Waals surface area (Å²) in [6.45, 7) is 2.09. The van der Waals surface area contributed by atoms with Crippen LogP contribution in [0.2, 0.25) is 0 Å². The van der Waals surface area contributed by atoms with E-state index in [1.165, 1.54) is 0 Å². The molecule has 4 heteroatoms. The predicted molar refractivity (Wildman–Crippen MR) is 65.9 cm³/mol. The zero-order valence-corrected chi connectivity index (χ0v) is 9.44. The van der Waals surface area contributed by atoms with Crippen LogP contribution in [-0.4, -0.2) is 19.6 Å². The summed E-state index contributed by atoms with van der Waals surface area (Å²) in [7, 11) is 0. The van der Waals surface area contributed by atoms with Gasteiger partial charge in [0, 0.05) is 0 Å². The van der Waals surface area contributed by atoms with E-state index < -0.39 is 0 Å². The third kappa shape index (κ3) is 1.67. The summed E-state index contributed by atoms with van der Waals surface area (Å²) in [6, 6.07) is 8.01. The van der Waals surface area contributed by atoms with Crippen molar-refractivity contribution in [2.45, 2.75) is 6.92 Å².